The van der Waals surface area contributed by atoms with Gasteiger partial charge in [0.25, 0.3) is 5.88 Å². The Bertz CT molecular complexity index is 920. The molecular weight excluding hydrogens is 316 g/mol. The lowest BCUT2D eigenvalue weighted by molar-refractivity contribution is 0.415. The SMILES string of the molecule is COc1ccc(/C=N\Nc2oc(-c3ccc(C)cc3)nc2C#N)cc1. The van der Waals surface area contributed by atoms with Crippen molar-refractivity contribution >= 4 is 12.1 Å². The zero-order valence-corrected chi connectivity index (χ0v) is 13.9. The maximum Gasteiger partial charge on any atom is 0.252 e. The average Bonchev–Trinajstić information content (AvgIpc) is 3.06. The van der Waals surface area contributed by atoms with Crippen molar-refractivity contribution in [3.8, 4) is 23.3 Å². The Morgan fingerprint density at radius 3 is 2.52 bits per heavy atom. The standard InChI is InChI=1S/C19H16N4O2/c1-13-3-7-15(8-4-13)18-22-17(11-20)19(25-18)23-21-12-14-5-9-16(24-2)10-6-14/h3-10,12,23H,1-2H3/b21-12-. The minimum absolute atomic E-state index is 0.155. The van der Waals surface area contributed by atoms with Crippen LogP contribution < -0.4 is 10.2 Å². The minimum Gasteiger partial charge on any atom is -0.497 e. The number of ether oxygens (including phenoxy) is 1. The number of nitrogens with one attached hydrogen (secondary N) is 1. The summed E-state index contributed by atoms with van der Waals surface area (Å²) < 4.78 is 10.7. The quantitative estimate of drug-likeness (QED) is 0.564. The molecule has 6 heteroatoms. The Morgan fingerprint density at radius 2 is 1.88 bits per heavy atom. The molecule has 1 aromatic heterocycles. The van der Waals surface area contributed by atoms with Crippen LogP contribution in [0.25, 0.3) is 11.5 Å². The molecule has 0 unspecified atom stereocenters. The van der Waals surface area contributed by atoms with Gasteiger partial charge >= 0.3 is 0 Å². The van der Waals surface area contributed by atoms with E-state index < -0.39 is 0 Å². The summed E-state index contributed by atoms with van der Waals surface area (Å²) in [7, 11) is 1.61. The summed E-state index contributed by atoms with van der Waals surface area (Å²) in [4.78, 5) is 4.20. The average molecular weight is 332 g/mol. The number of oxazole rings is 1. The second kappa shape index (κ2) is 7.32. The van der Waals surface area contributed by atoms with Crippen molar-refractivity contribution in [2.45, 2.75) is 6.92 Å². The van der Waals surface area contributed by atoms with Crippen LogP contribution in [0.15, 0.2) is 58.0 Å². The molecule has 3 rings (SSSR count). The number of methoxy groups -OCH3 is 1. The van der Waals surface area contributed by atoms with Gasteiger partial charge in [0.1, 0.15) is 11.8 Å². The van der Waals surface area contributed by atoms with Gasteiger partial charge in [-0.25, -0.2) is 5.43 Å². The number of hydrogen-bond acceptors (Lipinski definition) is 6. The molecule has 0 spiro atoms. The van der Waals surface area contributed by atoms with Crippen molar-refractivity contribution < 1.29 is 9.15 Å². The van der Waals surface area contributed by atoms with Gasteiger partial charge in [0.2, 0.25) is 11.6 Å². The molecule has 0 radical (unpaired) electrons. The summed E-state index contributed by atoms with van der Waals surface area (Å²) in [5, 5.41) is 13.3. The lowest BCUT2D eigenvalue weighted by atomic mass is 10.1. The van der Waals surface area contributed by atoms with Crippen LogP contribution in [0.5, 0.6) is 5.75 Å². The lowest BCUT2D eigenvalue weighted by Gasteiger charge is -1.99. The van der Waals surface area contributed by atoms with Gasteiger partial charge in [-0.3, -0.25) is 0 Å². The number of nitriles is 1. The van der Waals surface area contributed by atoms with Crippen LogP contribution >= 0.6 is 0 Å². The highest BCUT2D eigenvalue weighted by Gasteiger charge is 2.13. The Morgan fingerprint density at radius 1 is 1.16 bits per heavy atom. The molecule has 1 N–H and O–H groups in total. The van der Waals surface area contributed by atoms with E-state index in [1.54, 1.807) is 13.3 Å². The predicted molar refractivity (Wildman–Crippen MR) is 95.6 cm³/mol. The second-order valence-corrected chi connectivity index (χ2v) is 5.32. The maximum atomic E-state index is 9.22. The van der Waals surface area contributed by atoms with Crippen molar-refractivity contribution in [2.24, 2.45) is 5.10 Å². The number of anilines is 1. The van der Waals surface area contributed by atoms with Crippen molar-refractivity contribution in [3.63, 3.8) is 0 Å². The third-order valence-electron chi connectivity index (χ3n) is 3.53. The van der Waals surface area contributed by atoms with Crippen LogP contribution in [-0.4, -0.2) is 18.3 Å². The molecule has 6 nitrogen and oxygen atoms in total. The number of rotatable bonds is 5. The van der Waals surface area contributed by atoms with Crippen LogP contribution in [0.1, 0.15) is 16.8 Å². The Labute approximate surface area is 145 Å². The van der Waals surface area contributed by atoms with Crippen LogP contribution in [0, 0.1) is 18.3 Å². The molecule has 0 atom stereocenters. The minimum atomic E-state index is 0.155. The summed E-state index contributed by atoms with van der Waals surface area (Å²) in [6.45, 7) is 2.00. The van der Waals surface area contributed by atoms with Gasteiger partial charge in [-0.2, -0.15) is 15.3 Å². The fourth-order valence-corrected chi connectivity index (χ4v) is 2.15. The Balaban J connectivity index is 1.76. The van der Waals surface area contributed by atoms with Gasteiger partial charge in [-0.05, 0) is 48.9 Å². The molecule has 124 valence electrons. The number of aromatic nitrogens is 1. The van der Waals surface area contributed by atoms with Gasteiger partial charge in [0.15, 0.2) is 0 Å². The highest BCUT2D eigenvalue weighted by molar-refractivity contribution is 5.80. The topological polar surface area (TPSA) is 83.4 Å². The third kappa shape index (κ3) is 3.85. The van der Waals surface area contributed by atoms with E-state index >= 15 is 0 Å². The molecule has 3 aromatic rings. The molecular formula is C19H16N4O2. The van der Waals surface area contributed by atoms with E-state index in [4.69, 9.17) is 9.15 Å². The summed E-state index contributed by atoms with van der Waals surface area (Å²) in [6, 6.07) is 17.1. The molecule has 0 aliphatic rings. The molecule has 0 bridgehead atoms. The normalized spacial score (nSPS) is 10.6. The first-order valence-corrected chi connectivity index (χ1v) is 7.60. The summed E-state index contributed by atoms with van der Waals surface area (Å²) >= 11 is 0. The van der Waals surface area contributed by atoms with E-state index in [0.29, 0.717) is 5.89 Å². The lowest BCUT2D eigenvalue weighted by Crippen LogP contribution is -1.91. The molecule has 0 aliphatic heterocycles. The van der Waals surface area contributed by atoms with Crippen molar-refractivity contribution in [1.82, 2.24) is 4.98 Å². The highest BCUT2D eigenvalue weighted by Crippen LogP contribution is 2.25. The van der Waals surface area contributed by atoms with E-state index in [9.17, 15) is 5.26 Å². The predicted octanol–water partition coefficient (Wildman–Crippen LogP) is 3.98. The molecule has 1 heterocycles. The van der Waals surface area contributed by atoms with Gasteiger partial charge in [-0.1, -0.05) is 17.7 Å². The molecule has 0 saturated heterocycles. The molecule has 0 aliphatic carbocycles. The zero-order valence-electron chi connectivity index (χ0n) is 13.9. The van der Waals surface area contributed by atoms with Gasteiger partial charge < -0.3 is 9.15 Å². The molecule has 0 saturated carbocycles. The van der Waals surface area contributed by atoms with Crippen molar-refractivity contribution in [2.75, 3.05) is 12.5 Å². The monoisotopic (exact) mass is 332 g/mol. The second-order valence-electron chi connectivity index (χ2n) is 5.32. The fraction of sp³-hybridized carbons (Fsp3) is 0.105. The van der Waals surface area contributed by atoms with Crippen LogP contribution in [-0.2, 0) is 0 Å². The first-order valence-electron chi connectivity index (χ1n) is 7.60. The molecule has 2 aromatic carbocycles. The van der Waals surface area contributed by atoms with E-state index in [1.165, 1.54) is 0 Å². The molecule has 25 heavy (non-hydrogen) atoms. The fourth-order valence-electron chi connectivity index (χ4n) is 2.15. The maximum absolute atomic E-state index is 9.22. The van der Waals surface area contributed by atoms with Crippen LogP contribution in [0.4, 0.5) is 5.88 Å². The van der Waals surface area contributed by atoms with E-state index in [-0.39, 0.29) is 11.6 Å². The summed E-state index contributed by atoms with van der Waals surface area (Å²) in [5.74, 6) is 1.36. The van der Waals surface area contributed by atoms with Gasteiger partial charge in [0.05, 0.1) is 13.3 Å². The van der Waals surface area contributed by atoms with Gasteiger partial charge in [0, 0.05) is 5.56 Å². The first kappa shape index (κ1) is 16.3. The van der Waals surface area contributed by atoms with Crippen LogP contribution in [0.2, 0.25) is 0 Å². The largest absolute Gasteiger partial charge is 0.497 e. The zero-order chi connectivity index (χ0) is 17.6. The summed E-state index contributed by atoms with van der Waals surface area (Å²) in [5.41, 5.74) is 5.70. The number of hydrogen-bond donors (Lipinski definition) is 1. The summed E-state index contributed by atoms with van der Waals surface area (Å²) in [6.07, 6.45) is 1.62. The highest BCUT2D eigenvalue weighted by atomic mass is 16.5. The molecule has 0 amide bonds. The third-order valence-corrected chi connectivity index (χ3v) is 3.53. The first-order chi connectivity index (χ1) is 12.2. The van der Waals surface area contributed by atoms with Crippen molar-refractivity contribution in [1.29, 1.82) is 5.26 Å². The van der Waals surface area contributed by atoms with E-state index in [1.807, 2.05) is 61.5 Å². The smallest absolute Gasteiger partial charge is 0.252 e. The Kier molecular flexibility index (Phi) is 4.77. The van der Waals surface area contributed by atoms with Gasteiger partial charge in [-0.15, -0.1) is 0 Å². The van der Waals surface area contributed by atoms with Crippen molar-refractivity contribution in [3.05, 3.63) is 65.4 Å². The number of nitrogens with zero attached hydrogens (tertiary/aromatic N) is 3. The van der Waals surface area contributed by atoms with E-state index in [0.717, 1.165) is 22.4 Å². The molecule has 0 fully saturated rings. The Hall–Kier alpha value is -3.59. The number of aryl methyl sites for hydroxylation is 1. The number of hydrazone groups is 1. The van der Waals surface area contributed by atoms with E-state index in [2.05, 4.69) is 15.5 Å². The number of benzene rings is 2. The van der Waals surface area contributed by atoms with Crippen LogP contribution in [0.3, 0.4) is 0 Å².